The third-order valence-corrected chi connectivity index (χ3v) is 4.78. The molecule has 1 fully saturated rings. The third kappa shape index (κ3) is 2.45. The Kier molecular flexibility index (Phi) is 3.51. The minimum Gasteiger partial charge on any atom is -0.399 e. The van der Waals surface area contributed by atoms with Gasteiger partial charge in [-0.2, -0.15) is 0 Å². The van der Waals surface area contributed by atoms with Crippen molar-refractivity contribution in [2.75, 3.05) is 0 Å². The van der Waals surface area contributed by atoms with Crippen molar-refractivity contribution >= 4 is 28.5 Å². The number of hydrogen-bond acceptors (Lipinski definition) is 4. The third-order valence-electron chi connectivity index (χ3n) is 4.21. The molecule has 1 aliphatic rings. The minimum absolute atomic E-state index is 0.400. The van der Waals surface area contributed by atoms with E-state index in [0.717, 1.165) is 11.0 Å². The van der Waals surface area contributed by atoms with E-state index < -0.39 is 18.3 Å². The molecule has 0 spiro atoms. The molecule has 1 aliphatic heterocycles. The van der Waals surface area contributed by atoms with E-state index in [9.17, 15) is 0 Å². The Bertz CT molecular complexity index is 638. The minimum atomic E-state index is -0.508. The second-order valence-electron chi connectivity index (χ2n) is 6.17. The second kappa shape index (κ2) is 4.97. The Balaban J connectivity index is 2.03. The van der Waals surface area contributed by atoms with Crippen LogP contribution >= 0.6 is 15.9 Å². The molecule has 0 amide bonds. The maximum atomic E-state index is 6.10. The maximum absolute atomic E-state index is 6.10. The van der Waals surface area contributed by atoms with E-state index in [0.29, 0.717) is 10.4 Å². The Hall–Kier alpha value is -1.11. The number of aromatic nitrogens is 1. The fraction of sp³-hybridized carbons (Fsp3) is 0.400. The zero-order chi connectivity index (χ0) is 15.3. The molecule has 21 heavy (non-hydrogen) atoms. The van der Waals surface area contributed by atoms with Gasteiger partial charge in [-0.15, -0.1) is 0 Å². The smallest absolute Gasteiger partial charge is 0.399 e. The molecule has 1 aromatic carbocycles. The second-order valence-corrected chi connectivity index (χ2v) is 6.92. The van der Waals surface area contributed by atoms with Crippen LogP contribution in [0.25, 0.3) is 11.3 Å². The van der Waals surface area contributed by atoms with Gasteiger partial charge in [-0.25, -0.2) is 0 Å². The van der Waals surface area contributed by atoms with Gasteiger partial charge < -0.3 is 13.8 Å². The van der Waals surface area contributed by atoms with Gasteiger partial charge in [0.1, 0.15) is 4.60 Å². The molecule has 0 aliphatic carbocycles. The molecule has 0 bridgehead atoms. The van der Waals surface area contributed by atoms with Crippen LogP contribution in [0.2, 0.25) is 0 Å². The molecule has 1 aromatic heterocycles. The summed E-state index contributed by atoms with van der Waals surface area (Å²) in [6.07, 6.45) is 0. The Morgan fingerprint density at radius 1 is 1.00 bits per heavy atom. The average molecular weight is 350 g/mol. The van der Waals surface area contributed by atoms with Crippen molar-refractivity contribution in [2.45, 2.75) is 38.9 Å². The van der Waals surface area contributed by atoms with E-state index in [1.807, 2.05) is 58.0 Å². The van der Waals surface area contributed by atoms with Gasteiger partial charge in [-0.05, 0) is 43.6 Å². The molecule has 2 heterocycles. The van der Waals surface area contributed by atoms with Crippen LogP contribution in [0.5, 0.6) is 0 Å². The number of halogens is 1. The lowest BCUT2D eigenvalue weighted by Crippen LogP contribution is -2.41. The first kappa shape index (κ1) is 14.8. The fourth-order valence-corrected chi connectivity index (χ4v) is 2.68. The van der Waals surface area contributed by atoms with Gasteiger partial charge >= 0.3 is 7.12 Å². The van der Waals surface area contributed by atoms with Crippen molar-refractivity contribution in [1.82, 2.24) is 5.16 Å². The zero-order valence-corrected chi connectivity index (χ0v) is 14.1. The number of rotatable bonds is 2. The molecule has 1 saturated heterocycles. The van der Waals surface area contributed by atoms with Crippen molar-refractivity contribution in [3.63, 3.8) is 0 Å². The lowest BCUT2D eigenvalue weighted by Gasteiger charge is -2.32. The van der Waals surface area contributed by atoms with E-state index >= 15 is 0 Å². The van der Waals surface area contributed by atoms with Crippen LogP contribution in [0.4, 0.5) is 0 Å². The summed E-state index contributed by atoms with van der Waals surface area (Å²) in [6.45, 7) is 8.10. The molecule has 0 atom stereocenters. The van der Waals surface area contributed by atoms with Gasteiger partial charge in [0.05, 0.1) is 16.7 Å². The summed E-state index contributed by atoms with van der Waals surface area (Å²) in [4.78, 5) is 0. The normalized spacial score (nSPS) is 20.0. The van der Waals surface area contributed by atoms with Gasteiger partial charge in [0.15, 0.2) is 5.76 Å². The fourth-order valence-electron chi connectivity index (χ4n) is 2.24. The first-order chi connectivity index (χ1) is 9.82. The predicted octanol–water partition coefficient (Wildman–Crippen LogP) is 3.40. The molecular weight excluding hydrogens is 333 g/mol. The summed E-state index contributed by atoms with van der Waals surface area (Å²) in [6, 6.07) is 9.83. The van der Waals surface area contributed by atoms with Crippen molar-refractivity contribution in [1.29, 1.82) is 0 Å². The summed E-state index contributed by atoms with van der Waals surface area (Å²) in [5, 5.41) is 4.01. The molecule has 6 heteroatoms. The average Bonchev–Trinajstić information content (AvgIpc) is 2.89. The highest BCUT2D eigenvalue weighted by Crippen LogP contribution is 2.38. The molecule has 4 nitrogen and oxygen atoms in total. The first-order valence-corrected chi connectivity index (χ1v) is 7.67. The van der Waals surface area contributed by atoms with Crippen molar-refractivity contribution in [2.24, 2.45) is 0 Å². The van der Waals surface area contributed by atoms with Gasteiger partial charge in [-0.1, -0.05) is 35.5 Å². The van der Waals surface area contributed by atoms with Gasteiger partial charge in [-0.3, -0.25) is 0 Å². The van der Waals surface area contributed by atoms with E-state index in [4.69, 9.17) is 13.8 Å². The largest absolute Gasteiger partial charge is 0.501 e. The molecule has 0 saturated carbocycles. The Morgan fingerprint density at radius 3 is 2.14 bits per heavy atom. The number of hydrogen-bond donors (Lipinski definition) is 0. The van der Waals surface area contributed by atoms with Gasteiger partial charge in [0.2, 0.25) is 0 Å². The van der Waals surface area contributed by atoms with Crippen molar-refractivity contribution in [3.05, 3.63) is 34.9 Å². The summed E-state index contributed by atoms with van der Waals surface area (Å²) < 4.78 is 18.3. The Labute approximate surface area is 133 Å². The molecule has 110 valence electrons. The van der Waals surface area contributed by atoms with Gasteiger partial charge in [0.25, 0.3) is 0 Å². The van der Waals surface area contributed by atoms with Crippen LogP contribution < -0.4 is 5.46 Å². The van der Waals surface area contributed by atoms with Crippen LogP contribution in [0.1, 0.15) is 27.7 Å². The van der Waals surface area contributed by atoms with E-state index in [1.165, 1.54) is 0 Å². The maximum Gasteiger partial charge on any atom is 0.501 e. The number of benzene rings is 1. The van der Waals surface area contributed by atoms with Crippen LogP contribution in [0.3, 0.4) is 0 Å². The van der Waals surface area contributed by atoms with Crippen LogP contribution in [0.15, 0.2) is 39.5 Å². The van der Waals surface area contributed by atoms with Crippen molar-refractivity contribution in [3.8, 4) is 11.3 Å². The van der Waals surface area contributed by atoms with Crippen LogP contribution in [-0.4, -0.2) is 23.5 Å². The molecule has 0 N–H and O–H groups in total. The topological polar surface area (TPSA) is 44.5 Å². The van der Waals surface area contributed by atoms with E-state index in [2.05, 4.69) is 21.1 Å². The highest BCUT2D eigenvalue weighted by atomic mass is 79.9. The first-order valence-electron chi connectivity index (χ1n) is 6.88. The quantitative estimate of drug-likeness (QED) is 0.779. The Morgan fingerprint density at radius 2 is 1.57 bits per heavy atom. The van der Waals surface area contributed by atoms with Crippen LogP contribution in [-0.2, 0) is 9.31 Å². The molecular formula is C15H17BBrNO3. The zero-order valence-electron chi connectivity index (χ0n) is 12.5. The standard InChI is InChI=1S/C15H17BBrNO3/c1-14(2)15(3,4)21-16(20-14)11-12(19-18-13(11)17)10-8-6-5-7-9-10/h5-9H,1-4H3. The summed E-state index contributed by atoms with van der Waals surface area (Å²) in [5.41, 5.74) is 0.935. The highest BCUT2D eigenvalue weighted by molar-refractivity contribution is 9.10. The van der Waals surface area contributed by atoms with Gasteiger partial charge in [0, 0.05) is 5.56 Å². The SMILES string of the molecule is CC1(C)OB(c2c(Br)noc2-c2ccccc2)OC1(C)C. The summed E-state index contributed by atoms with van der Waals surface area (Å²) in [7, 11) is -0.508. The molecule has 0 radical (unpaired) electrons. The lowest BCUT2D eigenvalue weighted by atomic mass is 9.78. The number of nitrogens with zero attached hydrogens (tertiary/aromatic N) is 1. The molecule has 0 unspecified atom stereocenters. The lowest BCUT2D eigenvalue weighted by molar-refractivity contribution is 0.00578. The highest BCUT2D eigenvalue weighted by Gasteiger charge is 2.53. The van der Waals surface area contributed by atoms with E-state index in [-0.39, 0.29) is 0 Å². The molecule has 2 aromatic rings. The molecule has 3 rings (SSSR count). The van der Waals surface area contributed by atoms with Crippen molar-refractivity contribution < 1.29 is 13.8 Å². The monoisotopic (exact) mass is 349 g/mol. The summed E-state index contributed by atoms with van der Waals surface area (Å²) in [5.74, 6) is 0.668. The summed E-state index contributed by atoms with van der Waals surface area (Å²) >= 11 is 3.43. The van der Waals surface area contributed by atoms with Crippen LogP contribution in [0, 0.1) is 0 Å². The predicted molar refractivity (Wildman–Crippen MR) is 85.4 cm³/mol. The van der Waals surface area contributed by atoms with E-state index in [1.54, 1.807) is 0 Å².